The van der Waals surface area contributed by atoms with Crippen LogP contribution in [0.15, 0.2) is 42.5 Å². The summed E-state index contributed by atoms with van der Waals surface area (Å²) in [5, 5.41) is 10.3. The number of alkyl halides is 6. The van der Waals surface area contributed by atoms with Crippen LogP contribution in [0.4, 0.5) is 26.3 Å². The minimum absolute atomic E-state index is 0.184. The maximum atomic E-state index is 13.6. The summed E-state index contributed by atoms with van der Waals surface area (Å²) in [5.41, 5.74) is 0.650. The van der Waals surface area contributed by atoms with E-state index in [9.17, 15) is 31.1 Å². The van der Waals surface area contributed by atoms with Crippen LogP contribution >= 0.6 is 0 Å². The first-order valence-electron chi connectivity index (χ1n) is 9.03. The number of halogens is 6. The van der Waals surface area contributed by atoms with E-state index in [0.29, 0.717) is 36.3 Å². The van der Waals surface area contributed by atoms with Crippen LogP contribution in [0.1, 0.15) is 27.5 Å². The predicted molar refractivity (Wildman–Crippen MR) is 97.2 cm³/mol. The highest BCUT2D eigenvalue weighted by Crippen LogP contribution is 2.44. The molecule has 4 rings (SSSR count). The largest absolute Gasteiger partial charge is 0.490 e. The maximum Gasteiger partial charge on any atom is 0.490 e. The van der Waals surface area contributed by atoms with E-state index >= 15 is 0 Å². The molecule has 0 unspecified atom stereocenters. The molecule has 2 aromatic carbocycles. The fourth-order valence-corrected chi connectivity index (χ4v) is 3.56. The van der Waals surface area contributed by atoms with Crippen molar-refractivity contribution in [1.29, 1.82) is 0 Å². The number of rotatable bonds is 1. The number of nitrogens with one attached hydrogen (secondary N) is 1. The van der Waals surface area contributed by atoms with Gasteiger partial charge in [-0.25, -0.2) is 4.79 Å². The number of nitrogens with zero attached hydrogens (tertiary/aromatic N) is 1. The molecule has 2 aromatic rings. The molecule has 1 amide bonds. The minimum Gasteiger partial charge on any atom is -0.475 e. The Labute approximate surface area is 172 Å². The third kappa shape index (κ3) is 4.66. The van der Waals surface area contributed by atoms with Gasteiger partial charge in [-0.3, -0.25) is 4.79 Å². The van der Waals surface area contributed by atoms with Crippen LogP contribution in [0.5, 0.6) is 0 Å². The number of hydrogen-bond donors (Lipinski definition) is 2. The Kier molecular flexibility index (Phi) is 5.99. The van der Waals surface area contributed by atoms with Crippen LogP contribution < -0.4 is 5.32 Å². The molecule has 0 bridgehead atoms. The van der Waals surface area contributed by atoms with Crippen molar-refractivity contribution in [3.63, 3.8) is 0 Å². The molecule has 1 fully saturated rings. The number of hydrogen-bond acceptors (Lipinski definition) is 3. The summed E-state index contributed by atoms with van der Waals surface area (Å²) in [6, 6.07) is 11.4. The van der Waals surface area contributed by atoms with Crippen molar-refractivity contribution >= 4 is 11.9 Å². The Hall–Kier alpha value is -3.08. The van der Waals surface area contributed by atoms with E-state index in [4.69, 9.17) is 9.90 Å². The molecule has 1 saturated heterocycles. The van der Waals surface area contributed by atoms with Crippen molar-refractivity contribution in [3.05, 3.63) is 59.2 Å². The molecule has 0 aromatic heterocycles. The number of benzene rings is 2. The third-order valence-corrected chi connectivity index (χ3v) is 4.90. The van der Waals surface area contributed by atoms with Crippen LogP contribution in [-0.4, -0.2) is 47.7 Å². The number of carbonyl (C=O) groups excluding carboxylic acids is 1. The Morgan fingerprint density at radius 3 is 2.19 bits per heavy atom. The number of carboxylic acid groups (broad SMARTS) is 1. The van der Waals surface area contributed by atoms with E-state index in [-0.39, 0.29) is 11.6 Å². The van der Waals surface area contributed by atoms with Gasteiger partial charge in [0, 0.05) is 19.6 Å². The van der Waals surface area contributed by atoms with E-state index < -0.39 is 29.8 Å². The topological polar surface area (TPSA) is 69.6 Å². The lowest BCUT2D eigenvalue weighted by Crippen LogP contribution is -2.44. The molecule has 2 heterocycles. The molecular formula is C20H16F6N2O3. The fourth-order valence-electron chi connectivity index (χ4n) is 3.56. The summed E-state index contributed by atoms with van der Waals surface area (Å²) in [6.45, 7) is 1.51. The minimum atomic E-state index is -5.08. The van der Waals surface area contributed by atoms with E-state index in [1.807, 2.05) is 6.07 Å². The van der Waals surface area contributed by atoms with Gasteiger partial charge in [-0.1, -0.05) is 30.3 Å². The van der Waals surface area contributed by atoms with Gasteiger partial charge in [-0.2, -0.15) is 26.3 Å². The molecule has 2 N–H and O–H groups in total. The zero-order valence-electron chi connectivity index (χ0n) is 15.7. The summed E-state index contributed by atoms with van der Waals surface area (Å²) in [6.07, 6.45) is -9.65. The quantitative estimate of drug-likeness (QED) is 0.648. The number of amides is 1. The van der Waals surface area contributed by atoms with Gasteiger partial charge in [0.05, 0.1) is 17.2 Å². The Balaban J connectivity index is 0.000000339. The Morgan fingerprint density at radius 2 is 1.65 bits per heavy atom. The molecule has 2 aliphatic heterocycles. The zero-order chi connectivity index (χ0) is 23.0. The van der Waals surface area contributed by atoms with Gasteiger partial charge in [0.25, 0.3) is 5.91 Å². The highest BCUT2D eigenvalue weighted by atomic mass is 19.4. The first kappa shape index (κ1) is 22.6. The van der Waals surface area contributed by atoms with Crippen molar-refractivity contribution in [2.75, 3.05) is 19.6 Å². The SMILES string of the molecule is O=C(O)C(F)(F)F.O=C1c2c(cc(-c3ccccc3)cc2C(F)(F)F)[C@@H]2CNCCN12. The Bertz CT molecular complexity index is 989. The number of fused-ring (bicyclic) bond motifs is 3. The molecule has 0 radical (unpaired) electrons. The maximum absolute atomic E-state index is 13.6. The van der Waals surface area contributed by atoms with E-state index in [1.165, 1.54) is 0 Å². The van der Waals surface area contributed by atoms with Gasteiger partial charge in [-0.15, -0.1) is 0 Å². The molecule has 11 heteroatoms. The van der Waals surface area contributed by atoms with Crippen molar-refractivity contribution in [3.8, 4) is 11.1 Å². The molecule has 2 aliphatic rings. The number of aliphatic carboxylic acids is 1. The van der Waals surface area contributed by atoms with Crippen LogP contribution in [0, 0.1) is 0 Å². The number of carboxylic acids is 1. The van der Waals surface area contributed by atoms with Crippen LogP contribution in [0.25, 0.3) is 11.1 Å². The molecular weight excluding hydrogens is 430 g/mol. The van der Waals surface area contributed by atoms with E-state index in [1.54, 1.807) is 35.2 Å². The average Bonchev–Trinajstić information content (AvgIpc) is 3.00. The second-order valence-electron chi connectivity index (χ2n) is 6.87. The molecule has 0 saturated carbocycles. The summed E-state index contributed by atoms with van der Waals surface area (Å²) in [4.78, 5) is 23.0. The second-order valence-corrected chi connectivity index (χ2v) is 6.87. The normalized spacial score (nSPS) is 18.1. The Morgan fingerprint density at radius 1 is 1.03 bits per heavy atom. The second kappa shape index (κ2) is 8.22. The standard InChI is InChI=1S/C18H15F3N2O.C2HF3O2/c19-18(20,21)14-9-12(11-4-2-1-3-5-11)8-13-15-10-22-6-7-23(15)17(24)16(13)14;3-2(4,5)1(6)7/h1-5,8-9,15,22H,6-7,10H2;(H,6,7)/t15-;/m0./s1. The van der Waals surface area contributed by atoms with Gasteiger partial charge < -0.3 is 15.3 Å². The summed E-state index contributed by atoms with van der Waals surface area (Å²) < 4.78 is 72.5. The van der Waals surface area contributed by atoms with E-state index in [2.05, 4.69) is 5.32 Å². The first-order valence-corrected chi connectivity index (χ1v) is 9.03. The highest BCUT2D eigenvalue weighted by Gasteiger charge is 2.45. The van der Waals surface area contributed by atoms with Crippen LogP contribution in [0.2, 0.25) is 0 Å². The lowest BCUT2D eigenvalue weighted by molar-refractivity contribution is -0.192. The molecule has 166 valence electrons. The van der Waals surface area contributed by atoms with Gasteiger partial charge >= 0.3 is 18.3 Å². The average molecular weight is 446 g/mol. The van der Waals surface area contributed by atoms with E-state index in [0.717, 1.165) is 6.07 Å². The van der Waals surface area contributed by atoms with Crippen LogP contribution in [-0.2, 0) is 11.0 Å². The van der Waals surface area contributed by atoms with Gasteiger partial charge in [0.15, 0.2) is 0 Å². The molecule has 1 atom stereocenters. The van der Waals surface area contributed by atoms with Gasteiger partial charge in [0.2, 0.25) is 0 Å². The van der Waals surface area contributed by atoms with Gasteiger partial charge in [-0.05, 0) is 28.8 Å². The molecule has 5 nitrogen and oxygen atoms in total. The third-order valence-electron chi connectivity index (χ3n) is 4.90. The lowest BCUT2D eigenvalue weighted by atomic mass is 9.92. The van der Waals surface area contributed by atoms with Crippen molar-refractivity contribution < 1.29 is 41.0 Å². The predicted octanol–water partition coefficient (Wildman–Crippen LogP) is 4.11. The summed E-state index contributed by atoms with van der Waals surface area (Å²) >= 11 is 0. The first-order chi connectivity index (χ1) is 14.4. The van der Waals surface area contributed by atoms with Gasteiger partial charge in [0.1, 0.15) is 0 Å². The highest BCUT2D eigenvalue weighted by molar-refractivity contribution is 6.01. The summed E-state index contributed by atoms with van der Waals surface area (Å²) in [5.74, 6) is -3.27. The summed E-state index contributed by atoms with van der Waals surface area (Å²) in [7, 11) is 0. The lowest BCUT2D eigenvalue weighted by Gasteiger charge is -2.30. The van der Waals surface area contributed by atoms with Crippen molar-refractivity contribution in [2.45, 2.75) is 18.4 Å². The fraction of sp³-hybridized carbons (Fsp3) is 0.300. The number of carbonyl (C=O) groups is 2. The van der Waals surface area contributed by atoms with Crippen molar-refractivity contribution in [1.82, 2.24) is 10.2 Å². The smallest absolute Gasteiger partial charge is 0.475 e. The number of piperazine rings is 1. The monoisotopic (exact) mass is 446 g/mol. The molecule has 0 aliphatic carbocycles. The molecule has 31 heavy (non-hydrogen) atoms. The zero-order valence-corrected chi connectivity index (χ0v) is 15.7. The van der Waals surface area contributed by atoms with Crippen LogP contribution in [0.3, 0.4) is 0 Å². The van der Waals surface area contributed by atoms with Crippen molar-refractivity contribution in [2.24, 2.45) is 0 Å². The molecule has 0 spiro atoms.